The van der Waals surface area contributed by atoms with Crippen LogP contribution in [0.15, 0.2) is 43.0 Å². The summed E-state index contributed by atoms with van der Waals surface area (Å²) in [6.07, 6.45) is 7.56. The van der Waals surface area contributed by atoms with Crippen molar-refractivity contribution in [2.24, 2.45) is 5.92 Å². The zero-order valence-corrected chi connectivity index (χ0v) is 11.8. The van der Waals surface area contributed by atoms with E-state index in [0.29, 0.717) is 16.0 Å². The molecule has 0 aliphatic carbocycles. The van der Waals surface area contributed by atoms with Gasteiger partial charge in [0.25, 0.3) is 0 Å². The molecule has 0 saturated carbocycles. The molecule has 0 spiro atoms. The van der Waals surface area contributed by atoms with E-state index < -0.39 is 0 Å². The van der Waals surface area contributed by atoms with Crippen LogP contribution in [-0.4, -0.2) is 9.55 Å². The van der Waals surface area contributed by atoms with Crippen molar-refractivity contribution in [3.8, 4) is 0 Å². The molecule has 2 aromatic rings. The smallest absolute Gasteiger partial charge is 0.0991 e. The van der Waals surface area contributed by atoms with Gasteiger partial charge < -0.3 is 4.57 Å². The molecule has 0 aliphatic rings. The summed E-state index contributed by atoms with van der Waals surface area (Å²) in [5, 5.41) is 1.28. The molecule has 2 rings (SSSR count). The number of rotatable bonds is 3. The molecule has 0 amide bonds. The predicted octanol–water partition coefficient (Wildman–Crippen LogP) is 4.74. The van der Waals surface area contributed by atoms with Gasteiger partial charge in [-0.05, 0) is 24.1 Å². The summed E-state index contributed by atoms with van der Waals surface area (Å²) in [4.78, 5) is 4.08. The Morgan fingerprint density at radius 3 is 2.67 bits per heavy atom. The Morgan fingerprint density at radius 2 is 2.11 bits per heavy atom. The van der Waals surface area contributed by atoms with Gasteiger partial charge in [-0.1, -0.05) is 43.1 Å². The molecule has 4 heteroatoms. The fourth-order valence-corrected chi connectivity index (χ4v) is 2.23. The molecule has 0 aliphatic heterocycles. The molecule has 94 valence electrons. The Labute approximate surface area is 117 Å². The first-order chi connectivity index (χ1) is 8.58. The lowest BCUT2D eigenvalue weighted by Crippen LogP contribution is -1.99. The normalized spacial score (nSPS) is 12.2. The Bertz CT molecular complexity index is 557. The van der Waals surface area contributed by atoms with Crippen LogP contribution in [0.4, 0.5) is 0 Å². The lowest BCUT2D eigenvalue weighted by Gasteiger charge is -2.12. The van der Waals surface area contributed by atoms with Crippen LogP contribution in [0.2, 0.25) is 10.0 Å². The van der Waals surface area contributed by atoms with Gasteiger partial charge in [-0.2, -0.15) is 0 Å². The summed E-state index contributed by atoms with van der Waals surface area (Å²) in [5.41, 5.74) is 1.97. The van der Waals surface area contributed by atoms with E-state index in [1.54, 1.807) is 18.6 Å². The highest BCUT2D eigenvalue weighted by Gasteiger charge is 2.09. The summed E-state index contributed by atoms with van der Waals surface area (Å²) in [6, 6.07) is 5.52. The average molecular weight is 281 g/mol. The van der Waals surface area contributed by atoms with Crippen molar-refractivity contribution in [3.05, 3.63) is 58.6 Å². The van der Waals surface area contributed by atoms with Gasteiger partial charge in [-0.3, -0.25) is 0 Å². The quantitative estimate of drug-likeness (QED) is 0.794. The molecule has 2 nitrogen and oxygen atoms in total. The molecule has 1 heterocycles. The molecule has 0 radical (unpaired) electrons. The first kappa shape index (κ1) is 13.2. The number of imidazole rings is 1. The third-order valence-electron chi connectivity index (χ3n) is 2.48. The summed E-state index contributed by atoms with van der Waals surface area (Å²) < 4.78 is 1.95. The van der Waals surface area contributed by atoms with Crippen LogP contribution >= 0.6 is 23.2 Å². The minimum absolute atomic E-state index is 0.411. The molecular weight excluding hydrogens is 267 g/mol. The van der Waals surface area contributed by atoms with E-state index in [0.717, 1.165) is 11.3 Å². The van der Waals surface area contributed by atoms with Gasteiger partial charge in [0.15, 0.2) is 0 Å². The van der Waals surface area contributed by atoms with Crippen molar-refractivity contribution in [1.82, 2.24) is 9.55 Å². The van der Waals surface area contributed by atoms with Crippen molar-refractivity contribution >= 4 is 28.9 Å². The summed E-state index contributed by atoms with van der Waals surface area (Å²) in [5.74, 6) is 0.411. The highest BCUT2D eigenvalue weighted by atomic mass is 35.5. The van der Waals surface area contributed by atoms with Crippen molar-refractivity contribution in [3.63, 3.8) is 0 Å². The second kappa shape index (κ2) is 5.59. The minimum Gasteiger partial charge on any atom is -0.306 e. The van der Waals surface area contributed by atoms with Gasteiger partial charge in [0.05, 0.1) is 17.0 Å². The van der Waals surface area contributed by atoms with Gasteiger partial charge in [-0.15, -0.1) is 0 Å². The molecule has 0 saturated heterocycles. The van der Waals surface area contributed by atoms with Gasteiger partial charge in [0.1, 0.15) is 0 Å². The second-order valence-electron chi connectivity index (χ2n) is 4.39. The monoisotopic (exact) mass is 280 g/mol. The lowest BCUT2D eigenvalue weighted by atomic mass is 10.1. The van der Waals surface area contributed by atoms with Crippen molar-refractivity contribution < 1.29 is 0 Å². The highest BCUT2D eigenvalue weighted by molar-refractivity contribution is 6.35. The maximum Gasteiger partial charge on any atom is 0.0991 e. The summed E-state index contributed by atoms with van der Waals surface area (Å²) in [6.45, 7) is 4.25. The molecule has 0 fully saturated rings. The van der Waals surface area contributed by atoms with Gasteiger partial charge in [0, 0.05) is 23.0 Å². The Hall–Kier alpha value is -1.25. The minimum atomic E-state index is 0.411. The van der Waals surface area contributed by atoms with Crippen molar-refractivity contribution in [2.45, 2.75) is 13.8 Å². The van der Waals surface area contributed by atoms with Crippen LogP contribution in [0.25, 0.3) is 5.70 Å². The first-order valence-electron chi connectivity index (χ1n) is 5.73. The van der Waals surface area contributed by atoms with Crippen molar-refractivity contribution in [2.75, 3.05) is 0 Å². The lowest BCUT2D eigenvalue weighted by molar-refractivity contribution is 0.825. The van der Waals surface area contributed by atoms with Gasteiger partial charge in [0.2, 0.25) is 0 Å². The fourth-order valence-electron chi connectivity index (χ4n) is 1.73. The molecule has 0 atom stereocenters. The van der Waals surface area contributed by atoms with Crippen LogP contribution in [0.3, 0.4) is 0 Å². The zero-order valence-electron chi connectivity index (χ0n) is 10.3. The molecule has 1 aromatic heterocycles. The van der Waals surface area contributed by atoms with E-state index in [2.05, 4.69) is 24.9 Å². The third-order valence-corrected chi connectivity index (χ3v) is 3.03. The van der Waals surface area contributed by atoms with Gasteiger partial charge >= 0.3 is 0 Å². The summed E-state index contributed by atoms with van der Waals surface area (Å²) in [7, 11) is 0. The molecular formula is C14H14Cl2N2. The number of benzene rings is 1. The largest absolute Gasteiger partial charge is 0.306 e. The SMILES string of the molecule is CC(C)C=C(c1ccc(Cl)cc1Cl)n1ccnc1. The standard InChI is InChI=1S/C14H14Cl2N2/c1-10(2)7-14(18-6-5-17-9-18)12-4-3-11(15)8-13(12)16/h3-10H,1-2H3. The molecule has 0 N–H and O–H groups in total. The number of nitrogens with zero attached hydrogens (tertiary/aromatic N) is 2. The van der Waals surface area contributed by atoms with E-state index in [9.17, 15) is 0 Å². The van der Waals surface area contributed by atoms with Crippen LogP contribution in [-0.2, 0) is 0 Å². The van der Waals surface area contributed by atoms with Crippen LogP contribution in [0, 0.1) is 5.92 Å². The van der Waals surface area contributed by atoms with Crippen molar-refractivity contribution in [1.29, 1.82) is 0 Å². The van der Waals surface area contributed by atoms with Crippen LogP contribution < -0.4 is 0 Å². The summed E-state index contributed by atoms with van der Waals surface area (Å²) >= 11 is 12.2. The maximum atomic E-state index is 6.27. The average Bonchev–Trinajstić information content (AvgIpc) is 2.79. The topological polar surface area (TPSA) is 17.8 Å². The maximum absolute atomic E-state index is 6.27. The van der Waals surface area contributed by atoms with E-state index >= 15 is 0 Å². The van der Waals surface area contributed by atoms with Crippen LogP contribution in [0.5, 0.6) is 0 Å². The molecule has 0 unspecified atom stereocenters. The molecule has 1 aromatic carbocycles. The van der Waals surface area contributed by atoms with E-state index in [1.807, 2.05) is 22.9 Å². The Morgan fingerprint density at radius 1 is 1.33 bits per heavy atom. The fraction of sp³-hybridized carbons (Fsp3) is 0.214. The van der Waals surface area contributed by atoms with E-state index in [-0.39, 0.29) is 0 Å². The predicted molar refractivity (Wildman–Crippen MR) is 76.9 cm³/mol. The Balaban J connectivity index is 2.54. The van der Waals surface area contributed by atoms with Crippen LogP contribution in [0.1, 0.15) is 19.4 Å². The van der Waals surface area contributed by atoms with Gasteiger partial charge in [-0.25, -0.2) is 4.98 Å². The number of aromatic nitrogens is 2. The third kappa shape index (κ3) is 2.95. The number of halogens is 2. The first-order valence-corrected chi connectivity index (χ1v) is 6.49. The number of hydrogen-bond acceptors (Lipinski definition) is 1. The zero-order chi connectivity index (χ0) is 13.1. The van der Waals surface area contributed by atoms with E-state index in [4.69, 9.17) is 23.2 Å². The number of allylic oxidation sites excluding steroid dienone is 1. The molecule has 18 heavy (non-hydrogen) atoms. The Kier molecular flexibility index (Phi) is 4.10. The van der Waals surface area contributed by atoms with E-state index in [1.165, 1.54) is 0 Å². The number of hydrogen-bond donors (Lipinski definition) is 0. The highest BCUT2D eigenvalue weighted by Crippen LogP contribution is 2.28. The second-order valence-corrected chi connectivity index (χ2v) is 5.23. The molecule has 0 bridgehead atoms.